The van der Waals surface area contributed by atoms with E-state index < -0.39 is 15.9 Å². The van der Waals surface area contributed by atoms with Gasteiger partial charge in [-0.3, -0.25) is 0 Å². The molecular weight excluding hydrogens is 228 g/mol. The molecule has 0 aromatic heterocycles. The topological polar surface area (TPSA) is 63.6 Å². The molecule has 96 valence electrons. The van der Waals surface area contributed by atoms with Crippen LogP contribution in [0.25, 0.3) is 0 Å². The summed E-state index contributed by atoms with van der Waals surface area (Å²) in [6.45, 7) is 2.78. The number of rotatable bonds is 5. The molecule has 0 bridgehead atoms. The molecule has 3 atom stereocenters. The molecule has 1 rings (SSSR count). The minimum atomic E-state index is -2.96. The molecule has 0 saturated heterocycles. The van der Waals surface area contributed by atoms with Crippen LogP contribution in [0.1, 0.15) is 32.6 Å². The number of hydrogen-bond donors (Lipinski definition) is 1. The monoisotopic (exact) mass is 250 g/mol. The maximum atomic E-state index is 11.5. The third kappa shape index (κ3) is 4.03. The van der Waals surface area contributed by atoms with Crippen molar-refractivity contribution in [1.29, 1.82) is 0 Å². The van der Waals surface area contributed by atoms with Crippen molar-refractivity contribution in [3.8, 4) is 0 Å². The largest absolute Gasteiger partial charge is 0.390 e. The molecule has 1 N–H and O–H groups in total. The first-order valence-electron chi connectivity index (χ1n) is 5.89. The highest BCUT2D eigenvalue weighted by Gasteiger charge is 2.32. The van der Waals surface area contributed by atoms with Crippen LogP contribution in [0.2, 0.25) is 0 Å². The quantitative estimate of drug-likeness (QED) is 0.790. The van der Waals surface area contributed by atoms with Crippen molar-refractivity contribution >= 4 is 9.84 Å². The Bertz CT molecular complexity index is 299. The molecule has 0 aromatic carbocycles. The van der Waals surface area contributed by atoms with Gasteiger partial charge in [0.15, 0.2) is 0 Å². The van der Waals surface area contributed by atoms with E-state index in [4.69, 9.17) is 4.74 Å². The number of hydrogen-bond acceptors (Lipinski definition) is 4. The fourth-order valence-electron chi connectivity index (χ4n) is 2.29. The summed E-state index contributed by atoms with van der Waals surface area (Å²) in [5, 5.41) is 9.59. The van der Waals surface area contributed by atoms with Crippen LogP contribution in [0.3, 0.4) is 0 Å². The second-order valence-electron chi connectivity index (χ2n) is 4.61. The van der Waals surface area contributed by atoms with Crippen molar-refractivity contribution in [1.82, 2.24) is 0 Å². The Hall–Kier alpha value is -0.130. The lowest BCUT2D eigenvalue weighted by Crippen LogP contribution is -2.35. The van der Waals surface area contributed by atoms with E-state index >= 15 is 0 Å². The zero-order valence-electron chi connectivity index (χ0n) is 10.1. The maximum absolute atomic E-state index is 11.5. The number of aliphatic hydroxyl groups is 1. The number of aliphatic hydroxyl groups excluding tert-OH is 1. The van der Waals surface area contributed by atoms with Crippen LogP contribution in [0.5, 0.6) is 0 Å². The van der Waals surface area contributed by atoms with Gasteiger partial charge in [-0.25, -0.2) is 8.42 Å². The molecule has 16 heavy (non-hydrogen) atoms. The van der Waals surface area contributed by atoms with Crippen molar-refractivity contribution in [3.05, 3.63) is 0 Å². The molecule has 5 heteroatoms. The predicted molar refractivity (Wildman–Crippen MR) is 63.1 cm³/mol. The molecule has 0 aliphatic heterocycles. The Kier molecular flexibility index (Phi) is 5.21. The number of sulfone groups is 1. The van der Waals surface area contributed by atoms with Crippen LogP contribution < -0.4 is 0 Å². The van der Waals surface area contributed by atoms with Gasteiger partial charge in [0.1, 0.15) is 9.84 Å². The average molecular weight is 250 g/mol. The van der Waals surface area contributed by atoms with Crippen LogP contribution in [0, 0.1) is 5.92 Å². The lowest BCUT2D eigenvalue weighted by Gasteiger charge is -2.31. The predicted octanol–water partition coefficient (Wildman–Crippen LogP) is 0.987. The van der Waals surface area contributed by atoms with Crippen molar-refractivity contribution in [2.24, 2.45) is 5.92 Å². The first kappa shape index (κ1) is 13.9. The smallest absolute Gasteiger partial charge is 0.150 e. The standard InChI is InChI=1S/C11H22O4S/c1-3-15-8-11(12)9-5-4-6-10(7-9)16(2,13)14/h9-12H,3-8H2,1-2H3. The summed E-state index contributed by atoms with van der Waals surface area (Å²) in [6, 6.07) is 0. The van der Waals surface area contributed by atoms with Gasteiger partial charge in [-0.15, -0.1) is 0 Å². The number of ether oxygens (including phenoxy) is 1. The van der Waals surface area contributed by atoms with Crippen LogP contribution >= 0.6 is 0 Å². The van der Waals surface area contributed by atoms with E-state index in [-0.39, 0.29) is 11.2 Å². The zero-order chi connectivity index (χ0) is 12.2. The van der Waals surface area contributed by atoms with Gasteiger partial charge in [0.05, 0.1) is 18.0 Å². The summed E-state index contributed by atoms with van der Waals surface area (Å²) < 4.78 is 28.1. The first-order chi connectivity index (χ1) is 7.45. The Morgan fingerprint density at radius 1 is 1.44 bits per heavy atom. The van der Waals surface area contributed by atoms with E-state index in [0.717, 1.165) is 19.3 Å². The van der Waals surface area contributed by atoms with Crippen LogP contribution in [-0.2, 0) is 14.6 Å². The van der Waals surface area contributed by atoms with Crippen molar-refractivity contribution in [2.45, 2.75) is 44.0 Å². The molecule has 0 aromatic rings. The lowest BCUT2D eigenvalue weighted by atomic mass is 9.85. The highest BCUT2D eigenvalue weighted by molar-refractivity contribution is 7.91. The van der Waals surface area contributed by atoms with E-state index in [9.17, 15) is 13.5 Å². The summed E-state index contributed by atoms with van der Waals surface area (Å²) in [5.74, 6) is 0.0695. The van der Waals surface area contributed by atoms with Gasteiger partial charge >= 0.3 is 0 Å². The fourth-order valence-corrected chi connectivity index (χ4v) is 3.49. The molecule has 1 fully saturated rings. The first-order valence-corrected chi connectivity index (χ1v) is 7.85. The molecule has 1 aliphatic rings. The lowest BCUT2D eigenvalue weighted by molar-refractivity contribution is -0.000539. The summed E-state index contributed by atoms with van der Waals surface area (Å²) >= 11 is 0. The normalized spacial score (nSPS) is 28.9. The second kappa shape index (κ2) is 5.98. The fraction of sp³-hybridized carbons (Fsp3) is 1.00. The SMILES string of the molecule is CCOCC(O)C1CCCC(S(C)(=O)=O)C1. The molecule has 1 aliphatic carbocycles. The second-order valence-corrected chi connectivity index (χ2v) is 6.93. The average Bonchev–Trinajstić information content (AvgIpc) is 2.25. The van der Waals surface area contributed by atoms with Gasteiger partial charge in [-0.05, 0) is 32.1 Å². The summed E-state index contributed by atoms with van der Waals surface area (Å²) in [7, 11) is -2.96. The molecule has 4 nitrogen and oxygen atoms in total. The molecule has 0 spiro atoms. The highest BCUT2D eigenvalue weighted by Crippen LogP contribution is 2.30. The van der Waals surface area contributed by atoms with E-state index in [2.05, 4.69) is 0 Å². The minimum absolute atomic E-state index is 0.0695. The molecule has 0 radical (unpaired) electrons. The summed E-state index contributed by atoms with van der Waals surface area (Å²) in [5.41, 5.74) is 0. The van der Waals surface area contributed by atoms with Gasteiger partial charge in [-0.1, -0.05) is 6.42 Å². The zero-order valence-corrected chi connectivity index (χ0v) is 10.9. The third-order valence-electron chi connectivity index (χ3n) is 3.31. The van der Waals surface area contributed by atoms with Crippen LogP contribution in [-0.4, -0.2) is 44.3 Å². The summed E-state index contributed by atoms with van der Waals surface area (Å²) in [4.78, 5) is 0. The van der Waals surface area contributed by atoms with Gasteiger partial charge in [-0.2, -0.15) is 0 Å². The maximum Gasteiger partial charge on any atom is 0.150 e. The van der Waals surface area contributed by atoms with E-state index in [1.54, 1.807) is 0 Å². The van der Waals surface area contributed by atoms with Gasteiger partial charge in [0.25, 0.3) is 0 Å². The van der Waals surface area contributed by atoms with Gasteiger partial charge in [0, 0.05) is 12.9 Å². The molecule has 1 saturated carbocycles. The molecular formula is C11H22O4S. The van der Waals surface area contributed by atoms with Crippen molar-refractivity contribution in [2.75, 3.05) is 19.5 Å². The Balaban J connectivity index is 2.50. The Morgan fingerprint density at radius 2 is 2.12 bits per heavy atom. The molecule has 0 amide bonds. The van der Waals surface area contributed by atoms with Crippen molar-refractivity contribution < 1.29 is 18.3 Å². The molecule has 3 unspecified atom stereocenters. The van der Waals surface area contributed by atoms with E-state index in [1.165, 1.54) is 6.26 Å². The van der Waals surface area contributed by atoms with E-state index in [1.807, 2.05) is 6.92 Å². The molecule has 0 heterocycles. The third-order valence-corrected chi connectivity index (χ3v) is 4.95. The van der Waals surface area contributed by atoms with Gasteiger partial charge < -0.3 is 9.84 Å². The van der Waals surface area contributed by atoms with Gasteiger partial charge in [0.2, 0.25) is 0 Å². The Morgan fingerprint density at radius 3 is 2.69 bits per heavy atom. The van der Waals surface area contributed by atoms with Crippen LogP contribution in [0.4, 0.5) is 0 Å². The van der Waals surface area contributed by atoms with Crippen LogP contribution in [0.15, 0.2) is 0 Å². The van der Waals surface area contributed by atoms with E-state index in [0.29, 0.717) is 19.6 Å². The van der Waals surface area contributed by atoms with Crippen molar-refractivity contribution in [3.63, 3.8) is 0 Å². The Labute approximate surface area is 97.9 Å². The highest BCUT2D eigenvalue weighted by atomic mass is 32.2. The minimum Gasteiger partial charge on any atom is -0.390 e. The summed E-state index contributed by atoms with van der Waals surface area (Å²) in [6.07, 6.45) is 3.86.